The van der Waals surface area contributed by atoms with Crippen LogP contribution in [-0.4, -0.2) is 23.3 Å². The predicted octanol–water partition coefficient (Wildman–Crippen LogP) is 14.7. The molecule has 4 heterocycles. The maximum absolute atomic E-state index is 14.1. The van der Waals surface area contributed by atoms with Crippen LogP contribution in [0.15, 0.2) is 40.8 Å². The van der Waals surface area contributed by atoms with Gasteiger partial charge in [0.2, 0.25) is 0 Å². The van der Waals surface area contributed by atoms with Crippen LogP contribution < -0.4 is 0 Å². The molecule has 4 aromatic rings. The third kappa shape index (κ3) is 7.85. The monoisotopic (exact) mass is 767 g/mol. The topological polar surface area (TPSA) is 50.5 Å². The van der Waals surface area contributed by atoms with Crippen LogP contribution in [0.25, 0.3) is 20.4 Å². The molecule has 0 saturated heterocycles. The highest BCUT2D eigenvalue weighted by Gasteiger charge is 2.50. The third-order valence-corrected chi connectivity index (χ3v) is 15.1. The van der Waals surface area contributed by atoms with Crippen LogP contribution in [0.1, 0.15) is 198 Å². The SMILES string of the molecule is CCCCCCCCN1C(=O)c2c(C)oc(-c3cc4c(s3)-c3sc(C(C)(C)C)cc3C4(CC(CC)CCCC)c3ccc(CCCCCC)cc3)c2C1=O. The smallest absolute Gasteiger partial charge is 0.265 e. The quantitative estimate of drug-likeness (QED) is 0.0665. The predicted molar refractivity (Wildman–Crippen MR) is 230 cm³/mol. The van der Waals surface area contributed by atoms with Crippen LogP contribution in [0.3, 0.4) is 0 Å². The summed E-state index contributed by atoms with van der Waals surface area (Å²) in [5, 5.41) is 0. The van der Waals surface area contributed by atoms with E-state index in [0.29, 0.717) is 35.1 Å². The second-order valence-electron chi connectivity index (χ2n) is 17.3. The van der Waals surface area contributed by atoms with E-state index in [0.717, 1.165) is 43.4 Å². The Hall–Kier alpha value is -2.96. The van der Waals surface area contributed by atoms with Crippen molar-refractivity contribution >= 4 is 34.5 Å². The molecule has 0 saturated carbocycles. The van der Waals surface area contributed by atoms with Gasteiger partial charge in [0.25, 0.3) is 11.8 Å². The van der Waals surface area contributed by atoms with E-state index in [-0.39, 0.29) is 22.6 Å². The summed E-state index contributed by atoms with van der Waals surface area (Å²) in [7, 11) is 0. The van der Waals surface area contributed by atoms with Crippen molar-refractivity contribution in [2.24, 2.45) is 5.92 Å². The molecule has 6 rings (SSSR count). The number of unbranched alkanes of at least 4 members (excludes halogenated alkanes) is 9. The van der Waals surface area contributed by atoms with Gasteiger partial charge in [0.05, 0.1) is 10.4 Å². The molecule has 292 valence electrons. The number of carbonyl (C=O) groups is 2. The summed E-state index contributed by atoms with van der Waals surface area (Å²) in [6, 6.07) is 14.5. The molecule has 3 aromatic heterocycles. The zero-order valence-corrected chi connectivity index (χ0v) is 36.2. The van der Waals surface area contributed by atoms with Crippen molar-refractivity contribution in [1.82, 2.24) is 4.90 Å². The van der Waals surface area contributed by atoms with E-state index in [9.17, 15) is 9.59 Å². The molecule has 0 radical (unpaired) electrons. The van der Waals surface area contributed by atoms with Gasteiger partial charge in [-0.1, -0.05) is 150 Å². The molecule has 2 aliphatic rings. The van der Waals surface area contributed by atoms with E-state index in [4.69, 9.17) is 4.42 Å². The van der Waals surface area contributed by atoms with Gasteiger partial charge in [0.1, 0.15) is 11.3 Å². The largest absolute Gasteiger partial charge is 0.459 e. The van der Waals surface area contributed by atoms with Crippen LogP contribution in [0.4, 0.5) is 0 Å². The Balaban J connectivity index is 1.45. The lowest BCUT2D eigenvalue weighted by Crippen LogP contribution is -2.31. The summed E-state index contributed by atoms with van der Waals surface area (Å²) in [6.45, 7) is 18.5. The molecule has 0 spiro atoms. The van der Waals surface area contributed by atoms with E-state index >= 15 is 0 Å². The molecule has 6 heteroatoms. The Bertz CT molecular complexity index is 1900. The first kappa shape index (κ1) is 40.7. The van der Waals surface area contributed by atoms with Gasteiger partial charge in [-0.3, -0.25) is 14.5 Å². The van der Waals surface area contributed by atoms with Crippen LogP contribution >= 0.6 is 22.7 Å². The van der Waals surface area contributed by atoms with E-state index in [1.165, 1.54) is 106 Å². The summed E-state index contributed by atoms with van der Waals surface area (Å²) >= 11 is 3.70. The number of carbonyl (C=O) groups excluding carboxylic acids is 2. The summed E-state index contributed by atoms with van der Waals surface area (Å²) in [5.41, 5.74) is 6.25. The van der Waals surface area contributed by atoms with Crippen LogP contribution in [-0.2, 0) is 17.3 Å². The van der Waals surface area contributed by atoms with Crippen molar-refractivity contribution in [1.29, 1.82) is 0 Å². The highest BCUT2D eigenvalue weighted by Crippen LogP contribution is 2.63. The maximum atomic E-state index is 14.1. The number of aryl methyl sites for hydroxylation is 2. The molecule has 1 aliphatic carbocycles. The lowest BCUT2D eigenvalue weighted by molar-refractivity contribution is 0.0648. The second-order valence-corrected chi connectivity index (χ2v) is 19.4. The van der Waals surface area contributed by atoms with Gasteiger partial charge in [-0.15, -0.1) is 22.7 Å². The zero-order valence-electron chi connectivity index (χ0n) is 34.6. The number of amides is 2. The minimum Gasteiger partial charge on any atom is -0.459 e. The standard InChI is InChI=1S/C48H65NO3S2/c1-9-13-16-18-19-21-28-49-45(50)40-32(5)52-42(41(40)46(49)51)38-29-36-43(53-38)44-37(30-39(54-44)47(6,7)8)48(36,31-33(12-4)22-15-11-3)35-26-24-34(25-27-35)23-20-17-14-10-2/h24-27,29-30,33H,9-23,28,31H2,1-8H3. The Kier molecular flexibility index (Phi) is 13.2. The summed E-state index contributed by atoms with van der Waals surface area (Å²) in [6.07, 6.45) is 18.7. The number of thiophene rings is 2. The number of imide groups is 1. The zero-order chi connectivity index (χ0) is 38.6. The molecule has 1 aromatic carbocycles. The lowest BCUT2D eigenvalue weighted by atomic mass is 9.66. The van der Waals surface area contributed by atoms with Gasteiger partial charge in [0, 0.05) is 26.6 Å². The first-order chi connectivity index (χ1) is 26.0. The number of furan rings is 1. The molecular weight excluding hydrogens is 703 g/mol. The van der Waals surface area contributed by atoms with Gasteiger partial charge < -0.3 is 4.42 Å². The minimum absolute atomic E-state index is 0.0287. The van der Waals surface area contributed by atoms with Crippen molar-refractivity contribution in [3.8, 4) is 20.4 Å². The molecule has 0 bridgehead atoms. The van der Waals surface area contributed by atoms with Crippen LogP contribution in [0, 0.1) is 12.8 Å². The summed E-state index contributed by atoms with van der Waals surface area (Å²) < 4.78 is 6.46. The maximum Gasteiger partial charge on any atom is 0.265 e. The Morgan fingerprint density at radius 2 is 1.35 bits per heavy atom. The third-order valence-electron chi connectivity index (χ3n) is 12.2. The number of nitrogens with zero attached hydrogens (tertiary/aromatic N) is 1. The Morgan fingerprint density at radius 1 is 0.741 bits per heavy atom. The fraction of sp³-hybridized carbons (Fsp3) is 0.583. The van der Waals surface area contributed by atoms with Crippen molar-refractivity contribution in [2.75, 3.05) is 6.54 Å². The van der Waals surface area contributed by atoms with E-state index in [1.807, 2.05) is 18.3 Å². The fourth-order valence-corrected chi connectivity index (χ4v) is 11.6. The molecule has 2 atom stereocenters. The molecule has 1 aliphatic heterocycles. The number of hydrogen-bond acceptors (Lipinski definition) is 5. The number of benzene rings is 1. The van der Waals surface area contributed by atoms with Gasteiger partial charge >= 0.3 is 0 Å². The average molecular weight is 768 g/mol. The molecule has 0 N–H and O–H groups in total. The highest BCUT2D eigenvalue weighted by molar-refractivity contribution is 7.24. The van der Waals surface area contributed by atoms with Gasteiger partial charge in [-0.2, -0.15) is 0 Å². The summed E-state index contributed by atoms with van der Waals surface area (Å²) in [4.78, 5) is 34.4. The number of rotatable bonds is 20. The molecule has 2 amide bonds. The van der Waals surface area contributed by atoms with E-state index in [2.05, 4.69) is 84.9 Å². The normalized spacial score (nSPS) is 17.1. The van der Waals surface area contributed by atoms with E-state index in [1.54, 1.807) is 11.3 Å². The average Bonchev–Trinajstić information content (AvgIpc) is 3.95. The molecule has 54 heavy (non-hydrogen) atoms. The minimum atomic E-state index is -0.303. The highest BCUT2D eigenvalue weighted by atomic mass is 32.1. The van der Waals surface area contributed by atoms with Crippen molar-refractivity contribution in [2.45, 2.75) is 169 Å². The van der Waals surface area contributed by atoms with Gasteiger partial charge in [-0.25, -0.2) is 0 Å². The molecule has 2 unspecified atom stereocenters. The van der Waals surface area contributed by atoms with Crippen molar-refractivity contribution in [3.63, 3.8) is 0 Å². The first-order valence-corrected chi connectivity index (χ1v) is 23.0. The fourth-order valence-electron chi connectivity index (χ4n) is 8.91. The van der Waals surface area contributed by atoms with Crippen molar-refractivity contribution < 1.29 is 14.0 Å². The molecule has 4 nitrogen and oxygen atoms in total. The number of hydrogen-bond donors (Lipinski definition) is 0. The Labute approximate surface area is 334 Å². The molecule has 0 fully saturated rings. The second kappa shape index (κ2) is 17.5. The lowest BCUT2D eigenvalue weighted by Gasteiger charge is -2.35. The van der Waals surface area contributed by atoms with Crippen molar-refractivity contribution in [3.05, 3.63) is 80.4 Å². The van der Waals surface area contributed by atoms with Crippen LogP contribution in [0.2, 0.25) is 0 Å². The van der Waals surface area contributed by atoms with Gasteiger partial charge in [0.15, 0.2) is 5.76 Å². The van der Waals surface area contributed by atoms with Gasteiger partial charge in [-0.05, 0) is 78.3 Å². The summed E-state index contributed by atoms with van der Waals surface area (Å²) in [5.74, 6) is 1.32. The first-order valence-electron chi connectivity index (χ1n) is 21.4. The molecular formula is C48H65NO3S2. The Morgan fingerprint density at radius 3 is 2.02 bits per heavy atom. The van der Waals surface area contributed by atoms with Crippen LogP contribution in [0.5, 0.6) is 0 Å². The van der Waals surface area contributed by atoms with E-state index < -0.39 is 0 Å². The number of fused-ring (bicyclic) bond motifs is 4.